The first-order valence-corrected chi connectivity index (χ1v) is 7.23. The van der Waals surface area contributed by atoms with Gasteiger partial charge in [-0.1, -0.05) is 0 Å². The summed E-state index contributed by atoms with van der Waals surface area (Å²) in [4.78, 5) is 12.7. The van der Waals surface area contributed by atoms with Gasteiger partial charge < -0.3 is 15.5 Å². The Hall–Kier alpha value is -1.86. The third-order valence-corrected chi connectivity index (χ3v) is 4.24. The lowest BCUT2D eigenvalue weighted by Crippen LogP contribution is -2.45. The molecule has 0 spiro atoms. The number of nitrogens with one attached hydrogen (secondary N) is 1. The van der Waals surface area contributed by atoms with Gasteiger partial charge in [-0.25, -0.2) is 0 Å². The molecular formula is C14H19N3O4. The molecule has 0 radical (unpaired) electrons. The minimum Gasteiger partial charge on any atom is -0.504 e. The van der Waals surface area contributed by atoms with Crippen molar-refractivity contribution in [2.24, 2.45) is 5.92 Å². The van der Waals surface area contributed by atoms with E-state index in [-0.39, 0.29) is 6.04 Å². The summed E-state index contributed by atoms with van der Waals surface area (Å²) in [6.45, 7) is 3.57. The molecule has 114 valence electrons. The molecule has 3 N–H and O–H groups in total. The third-order valence-electron chi connectivity index (χ3n) is 4.24. The lowest BCUT2D eigenvalue weighted by molar-refractivity contribution is -0.386. The number of nitrogens with zero attached hydrogens (tertiary/aromatic N) is 2. The molecule has 1 aliphatic heterocycles. The van der Waals surface area contributed by atoms with E-state index in [4.69, 9.17) is 0 Å². The molecule has 2 fully saturated rings. The van der Waals surface area contributed by atoms with Crippen molar-refractivity contribution >= 4 is 5.69 Å². The number of hydrogen-bond donors (Lipinski definition) is 3. The molecule has 1 saturated carbocycles. The smallest absolute Gasteiger partial charge is 0.314 e. The highest BCUT2D eigenvalue weighted by atomic mass is 16.6. The Morgan fingerprint density at radius 1 is 1.29 bits per heavy atom. The third kappa shape index (κ3) is 2.79. The van der Waals surface area contributed by atoms with Gasteiger partial charge in [0.1, 0.15) is 0 Å². The number of nitro benzene ring substituents is 1. The van der Waals surface area contributed by atoms with Crippen molar-refractivity contribution in [2.45, 2.75) is 18.9 Å². The van der Waals surface area contributed by atoms with Crippen molar-refractivity contribution in [3.8, 4) is 11.5 Å². The van der Waals surface area contributed by atoms with Gasteiger partial charge in [0, 0.05) is 38.3 Å². The van der Waals surface area contributed by atoms with E-state index in [1.807, 2.05) is 0 Å². The molecular weight excluding hydrogens is 274 g/mol. The van der Waals surface area contributed by atoms with Crippen molar-refractivity contribution in [3.05, 3.63) is 27.8 Å². The fraction of sp³-hybridized carbons (Fsp3) is 0.571. The average Bonchev–Trinajstić information content (AvgIpc) is 3.28. The molecule has 1 aromatic rings. The van der Waals surface area contributed by atoms with Crippen LogP contribution in [0.15, 0.2) is 12.1 Å². The molecule has 3 rings (SSSR count). The Morgan fingerprint density at radius 3 is 2.52 bits per heavy atom. The number of piperazine rings is 1. The molecule has 1 aliphatic carbocycles. The van der Waals surface area contributed by atoms with Crippen molar-refractivity contribution in [3.63, 3.8) is 0 Å². The van der Waals surface area contributed by atoms with E-state index in [0.29, 0.717) is 5.92 Å². The number of benzene rings is 1. The summed E-state index contributed by atoms with van der Waals surface area (Å²) in [5.74, 6) is -0.592. The monoisotopic (exact) mass is 293 g/mol. The zero-order chi connectivity index (χ0) is 15.0. The summed E-state index contributed by atoms with van der Waals surface area (Å²) in [6.07, 6.45) is 2.20. The van der Waals surface area contributed by atoms with Crippen LogP contribution in [0.4, 0.5) is 5.69 Å². The van der Waals surface area contributed by atoms with E-state index < -0.39 is 22.1 Å². The van der Waals surface area contributed by atoms with E-state index in [0.717, 1.165) is 44.6 Å². The first kappa shape index (κ1) is 14.1. The normalized spacial score (nSPS) is 21.1. The fourth-order valence-corrected chi connectivity index (χ4v) is 3.09. The Bertz CT molecular complexity index is 553. The van der Waals surface area contributed by atoms with E-state index >= 15 is 0 Å². The van der Waals surface area contributed by atoms with Crippen LogP contribution in [0.5, 0.6) is 11.5 Å². The van der Waals surface area contributed by atoms with Gasteiger partial charge >= 0.3 is 5.69 Å². The second-order valence-electron chi connectivity index (χ2n) is 5.73. The predicted octanol–water partition coefficient (Wildman–Crippen LogP) is 1.36. The van der Waals surface area contributed by atoms with Gasteiger partial charge in [0.15, 0.2) is 5.75 Å². The molecule has 2 aliphatic rings. The van der Waals surface area contributed by atoms with E-state index in [1.54, 1.807) is 0 Å². The molecule has 21 heavy (non-hydrogen) atoms. The maximum Gasteiger partial charge on any atom is 0.314 e. The molecule has 1 atom stereocenters. The Kier molecular flexibility index (Phi) is 3.69. The van der Waals surface area contributed by atoms with Crippen LogP contribution < -0.4 is 5.32 Å². The van der Waals surface area contributed by atoms with Gasteiger partial charge in [0.25, 0.3) is 0 Å². The van der Waals surface area contributed by atoms with Crippen LogP contribution in [0.3, 0.4) is 0 Å². The standard InChI is InChI=1S/C14H19N3O4/c18-12-8-10(7-11(14(12)19)17(20)21)13(9-1-2-9)16-5-3-15-4-6-16/h7-9,13,15,18-19H,1-6H2/t13-/m0/s1. The highest BCUT2D eigenvalue weighted by Crippen LogP contribution is 2.47. The maximum atomic E-state index is 11.0. The van der Waals surface area contributed by atoms with Crippen LogP contribution in [0.2, 0.25) is 0 Å². The Morgan fingerprint density at radius 2 is 1.95 bits per heavy atom. The molecule has 1 saturated heterocycles. The molecule has 1 aromatic carbocycles. The van der Waals surface area contributed by atoms with Crippen LogP contribution in [-0.2, 0) is 0 Å². The molecule has 1 heterocycles. The predicted molar refractivity (Wildman–Crippen MR) is 76.3 cm³/mol. The van der Waals surface area contributed by atoms with Crippen molar-refractivity contribution in [1.29, 1.82) is 0 Å². The zero-order valence-corrected chi connectivity index (χ0v) is 11.7. The number of aromatic hydroxyl groups is 2. The topological polar surface area (TPSA) is 98.9 Å². The number of phenols is 2. The maximum absolute atomic E-state index is 11.0. The second-order valence-corrected chi connectivity index (χ2v) is 5.73. The first-order chi connectivity index (χ1) is 10.1. The molecule has 0 bridgehead atoms. The minimum absolute atomic E-state index is 0.0808. The van der Waals surface area contributed by atoms with Gasteiger partial charge in [-0.2, -0.15) is 0 Å². The number of rotatable bonds is 4. The number of nitro groups is 1. The van der Waals surface area contributed by atoms with E-state index in [9.17, 15) is 20.3 Å². The van der Waals surface area contributed by atoms with Crippen LogP contribution in [0, 0.1) is 16.0 Å². The van der Waals surface area contributed by atoms with Crippen LogP contribution in [0.25, 0.3) is 0 Å². The lowest BCUT2D eigenvalue weighted by atomic mass is 9.98. The van der Waals surface area contributed by atoms with Gasteiger partial charge in [0.05, 0.1) is 4.92 Å². The molecule has 7 nitrogen and oxygen atoms in total. The number of phenolic OH excluding ortho intramolecular Hbond substituents is 2. The molecule has 0 amide bonds. The summed E-state index contributed by atoms with van der Waals surface area (Å²) in [7, 11) is 0. The zero-order valence-electron chi connectivity index (χ0n) is 11.7. The second kappa shape index (κ2) is 5.50. The average molecular weight is 293 g/mol. The largest absolute Gasteiger partial charge is 0.504 e. The summed E-state index contributed by atoms with van der Waals surface area (Å²) in [5.41, 5.74) is 0.298. The summed E-state index contributed by atoms with van der Waals surface area (Å²) < 4.78 is 0. The van der Waals surface area contributed by atoms with Gasteiger partial charge in [0.2, 0.25) is 5.75 Å². The lowest BCUT2D eigenvalue weighted by Gasteiger charge is -2.35. The highest BCUT2D eigenvalue weighted by molar-refractivity contribution is 5.57. The van der Waals surface area contributed by atoms with Gasteiger partial charge in [-0.05, 0) is 30.4 Å². The SMILES string of the molecule is O=[N+]([O-])c1cc([C@H](C2CC2)N2CCNCC2)cc(O)c1O. The number of hydrogen-bond acceptors (Lipinski definition) is 6. The van der Waals surface area contributed by atoms with Crippen molar-refractivity contribution in [1.82, 2.24) is 10.2 Å². The first-order valence-electron chi connectivity index (χ1n) is 7.23. The van der Waals surface area contributed by atoms with Crippen LogP contribution in [0.1, 0.15) is 24.4 Å². The van der Waals surface area contributed by atoms with E-state index in [2.05, 4.69) is 10.2 Å². The molecule has 7 heteroatoms. The van der Waals surface area contributed by atoms with Crippen molar-refractivity contribution < 1.29 is 15.1 Å². The minimum atomic E-state index is -0.654. The fourth-order valence-electron chi connectivity index (χ4n) is 3.09. The van der Waals surface area contributed by atoms with Gasteiger partial charge in [-0.3, -0.25) is 15.0 Å². The molecule has 0 aromatic heterocycles. The quantitative estimate of drug-likeness (QED) is 0.440. The summed E-state index contributed by atoms with van der Waals surface area (Å²) >= 11 is 0. The van der Waals surface area contributed by atoms with Crippen LogP contribution >= 0.6 is 0 Å². The van der Waals surface area contributed by atoms with Crippen molar-refractivity contribution in [2.75, 3.05) is 26.2 Å². The Labute approximate surface area is 122 Å². The van der Waals surface area contributed by atoms with Crippen LogP contribution in [-0.4, -0.2) is 46.2 Å². The molecule has 0 unspecified atom stereocenters. The Balaban J connectivity index is 1.97. The highest BCUT2D eigenvalue weighted by Gasteiger charge is 2.38. The van der Waals surface area contributed by atoms with Gasteiger partial charge in [-0.15, -0.1) is 0 Å². The van der Waals surface area contributed by atoms with E-state index in [1.165, 1.54) is 12.1 Å². The summed E-state index contributed by atoms with van der Waals surface area (Å²) in [6, 6.07) is 2.95. The summed E-state index contributed by atoms with van der Waals surface area (Å²) in [5, 5.41) is 33.7.